The Balaban J connectivity index is 1.69. The molecule has 2 aromatic rings. The molecule has 26 heavy (non-hydrogen) atoms. The number of hydrogen-bond donors (Lipinski definition) is 1. The van der Waals surface area contributed by atoms with Gasteiger partial charge in [-0.1, -0.05) is 35.9 Å². The average Bonchev–Trinajstić information content (AvgIpc) is 3.07. The van der Waals surface area contributed by atoms with Crippen LogP contribution >= 0.6 is 11.6 Å². The molecule has 0 saturated heterocycles. The molecule has 1 unspecified atom stereocenters. The van der Waals surface area contributed by atoms with Crippen LogP contribution in [0.5, 0.6) is 5.75 Å². The minimum absolute atomic E-state index is 0.138. The molecule has 0 saturated carbocycles. The standard InChI is InChI=1S/C19H19ClN2O4/c1-25-19(24)26-14-7-6-13(15(20)11-14)10-16(21)18(23)22-9-8-12-4-2-3-5-17(12)22/h2-7,11,16H,8-10,21H2,1H3. The van der Waals surface area contributed by atoms with Gasteiger partial charge in [-0.3, -0.25) is 4.79 Å². The van der Waals surface area contributed by atoms with E-state index < -0.39 is 12.2 Å². The molecule has 1 atom stereocenters. The predicted octanol–water partition coefficient (Wildman–Crippen LogP) is 2.94. The summed E-state index contributed by atoms with van der Waals surface area (Å²) in [6.45, 7) is 0.630. The van der Waals surface area contributed by atoms with Gasteiger partial charge in [0.05, 0.1) is 13.2 Å². The van der Waals surface area contributed by atoms with Crippen molar-refractivity contribution in [3.8, 4) is 5.75 Å². The van der Waals surface area contributed by atoms with E-state index in [2.05, 4.69) is 4.74 Å². The minimum atomic E-state index is -0.826. The summed E-state index contributed by atoms with van der Waals surface area (Å²) in [6, 6.07) is 11.9. The maximum Gasteiger partial charge on any atom is 0.513 e. The van der Waals surface area contributed by atoms with Gasteiger partial charge in [0, 0.05) is 17.3 Å². The monoisotopic (exact) mass is 374 g/mol. The molecular formula is C19H19ClN2O4. The third-order valence-corrected chi connectivity index (χ3v) is 4.65. The fraction of sp³-hybridized carbons (Fsp3) is 0.263. The van der Waals surface area contributed by atoms with Gasteiger partial charge in [-0.15, -0.1) is 0 Å². The van der Waals surface area contributed by atoms with Crippen LogP contribution in [-0.2, 0) is 22.4 Å². The van der Waals surface area contributed by atoms with Gasteiger partial charge in [-0.25, -0.2) is 4.79 Å². The van der Waals surface area contributed by atoms with Gasteiger partial charge in [0.2, 0.25) is 5.91 Å². The molecule has 0 bridgehead atoms. The van der Waals surface area contributed by atoms with Gasteiger partial charge < -0.3 is 20.1 Å². The lowest BCUT2D eigenvalue weighted by molar-refractivity contribution is -0.119. The molecule has 2 aromatic carbocycles. The third-order valence-electron chi connectivity index (χ3n) is 4.30. The molecule has 0 aromatic heterocycles. The number of nitrogens with two attached hydrogens (primary N) is 1. The van der Waals surface area contributed by atoms with Crippen LogP contribution in [0.4, 0.5) is 10.5 Å². The summed E-state index contributed by atoms with van der Waals surface area (Å²) in [7, 11) is 1.22. The smallest absolute Gasteiger partial charge is 0.437 e. The number of benzene rings is 2. The third kappa shape index (κ3) is 3.81. The molecule has 1 aliphatic rings. The Morgan fingerprint density at radius 3 is 2.77 bits per heavy atom. The van der Waals surface area contributed by atoms with Crippen molar-refractivity contribution in [1.29, 1.82) is 0 Å². The second-order valence-corrected chi connectivity index (χ2v) is 6.40. The van der Waals surface area contributed by atoms with Crippen LogP contribution in [0.15, 0.2) is 42.5 Å². The number of fused-ring (bicyclic) bond motifs is 1. The number of hydrogen-bond acceptors (Lipinski definition) is 5. The van der Waals surface area contributed by atoms with Crippen LogP contribution in [-0.4, -0.2) is 31.8 Å². The average molecular weight is 375 g/mol. The van der Waals surface area contributed by atoms with Gasteiger partial charge in [-0.2, -0.15) is 0 Å². The second-order valence-electron chi connectivity index (χ2n) is 5.99. The number of rotatable bonds is 4. The van der Waals surface area contributed by atoms with Crippen molar-refractivity contribution in [2.24, 2.45) is 5.73 Å². The first-order chi connectivity index (χ1) is 12.5. The van der Waals surface area contributed by atoms with E-state index in [9.17, 15) is 9.59 Å². The van der Waals surface area contributed by atoms with Crippen molar-refractivity contribution in [2.75, 3.05) is 18.6 Å². The van der Waals surface area contributed by atoms with E-state index in [0.29, 0.717) is 17.1 Å². The fourth-order valence-corrected chi connectivity index (χ4v) is 3.23. The Bertz CT molecular complexity index is 840. The summed E-state index contributed by atoms with van der Waals surface area (Å²) in [4.78, 5) is 25.6. The molecule has 1 heterocycles. The SMILES string of the molecule is COC(=O)Oc1ccc(CC(N)C(=O)N2CCc3ccccc32)c(Cl)c1. The lowest BCUT2D eigenvalue weighted by Crippen LogP contribution is -2.44. The summed E-state index contributed by atoms with van der Waals surface area (Å²) in [6.07, 6.45) is 0.289. The van der Waals surface area contributed by atoms with Gasteiger partial charge in [0.1, 0.15) is 5.75 Å². The minimum Gasteiger partial charge on any atom is -0.437 e. The molecule has 0 fully saturated rings. The summed E-state index contributed by atoms with van der Waals surface area (Å²) >= 11 is 6.23. The number of para-hydroxylation sites is 1. The number of amides is 1. The van der Waals surface area contributed by atoms with Gasteiger partial charge in [-0.05, 0) is 42.2 Å². The molecule has 136 valence electrons. The van der Waals surface area contributed by atoms with Gasteiger partial charge in [0.15, 0.2) is 0 Å². The van der Waals surface area contributed by atoms with Crippen molar-refractivity contribution in [3.05, 3.63) is 58.6 Å². The Morgan fingerprint density at radius 2 is 2.04 bits per heavy atom. The van der Waals surface area contributed by atoms with Crippen LogP contribution < -0.4 is 15.4 Å². The van der Waals surface area contributed by atoms with Crippen LogP contribution in [0.2, 0.25) is 5.02 Å². The van der Waals surface area contributed by atoms with Crippen LogP contribution in [0.3, 0.4) is 0 Å². The number of halogens is 1. The largest absolute Gasteiger partial charge is 0.513 e. The highest BCUT2D eigenvalue weighted by atomic mass is 35.5. The van der Waals surface area contributed by atoms with Gasteiger partial charge >= 0.3 is 6.16 Å². The molecule has 0 spiro atoms. The topological polar surface area (TPSA) is 81.9 Å². The van der Waals surface area contributed by atoms with Crippen LogP contribution in [0.25, 0.3) is 0 Å². The highest BCUT2D eigenvalue weighted by Crippen LogP contribution is 2.29. The molecule has 1 aliphatic heterocycles. The number of ether oxygens (including phenoxy) is 2. The Labute approximate surface area is 156 Å². The van der Waals surface area contributed by atoms with Gasteiger partial charge in [0.25, 0.3) is 0 Å². The lowest BCUT2D eigenvalue weighted by atomic mass is 10.0. The zero-order valence-electron chi connectivity index (χ0n) is 14.3. The summed E-state index contributed by atoms with van der Waals surface area (Å²) in [5.74, 6) is 0.125. The molecule has 6 nitrogen and oxygen atoms in total. The van der Waals surface area contributed by atoms with E-state index in [1.807, 2.05) is 24.3 Å². The fourth-order valence-electron chi connectivity index (χ4n) is 2.99. The summed E-state index contributed by atoms with van der Waals surface area (Å²) in [5.41, 5.74) is 8.91. The quantitative estimate of drug-likeness (QED) is 0.657. The first kappa shape index (κ1) is 18.2. The molecule has 2 N–H and O–H groups in total. The first-order valence-corrected chi connectivity index (χ1v) is 8.56. The van der Waals surface area contributed by atoms with Crippen molar-refractivity contribution < 1.29 is 19.1 Å². The maximum absolute atomic E-state index is 12.7. The summed E-state index contributed by atoms with van der Waals surface area (Å²) in [5, 5.41) is 0.372. The number of carbonyl (C=O) groups is 2. The second kappa shape index (κ2) is 7.76. The normalized spacial score (nSPS) is 13.9. The lowest BCUT2D eigenvalue weighted by Gasteiger charge is -2.22. The summed E-state index contributed by atoms with van der Waals surface area (Å²) < 4.78 is 9.35. The molecule has 7 heteroatoms. The molecule has 0 aliphatic carbocycles. The van der Waals surface area contributed by atoms with E-state index in [1.54, 1.807) is 17.0 Å². The van der Waals surface area contributed by atoms with E-state index in [-0.39, 0.29) is 18.1 Å². The van der Waals surface area contributed by atoms with E-state index in [4.69, 9.17) is 22.1 Å². The van der Waals surface area contributed by atoms with Crippen molar-refractivity contribution in [2.45, 2.75) is 18.9 Å². The molecule has 3 rings (SSSR count). The highest BCUT2D eigenvalue weighted by Gasteiger charge is 2.28. The van der Waals surface area contributed by atoms with Crippen LogP contribution in [0.1, 0.15) is 11.1 Å². The van der Waals surface area contributed by atoms with E-state index >= 15 is 0 Å². The number of methoxy groups -OCH3 is 1. The van der Waals surface area contributed by atoms with Crippen molar-refractivity contribution in [1.82, 2.24) is 0 Å². The van der Waals surface area contributed by atoms with Crippen molar-refractivity contribution in [3.63, 3.8) is 0 Å². The Kier molecular flexibility index (Phi) is 5.44. The maximum atomic E-state index is 12.7. The number of anilines is 1. The van der Waals surface area contributed by atoms with E-state index in [1.165, 1.54) is 13.2 Å². The zero-order chi connectivity index (χ0) is 18.7. The Morgan fingerprint density at radius 1 is 1.27 bits per heavy atom. The Hall–Kier alpha value is -2.57. The highest BCUT2D eigenvalue weighted by molar-refractivity contribution is 6.31. The molecule has 0 radical (unpaired) electrons. The first-order valence-electron chi connectivity index (χ1n) is 8.18. The van der Waals surface area contributed by atoms with Crippen LogP contribution in [0, 0.1) is 0 Å². The molecule has 1 amide bonds. The zero-order valence-corrected chi connectivity index (χ0v) is 15.0. The number of nitrogens with zero attached hydrogens (tertiary/aromatic N) is 1. The number of carbonyl (C=O) groups excluding carboxylic acids is 2. The molecular weight excluding hydrogens is 356 g/mol. The van der Waals surface area contributed by atoms with Crippen molar-refractivity contribution >= 4 is 29.4 Å². The van der Waals surface area contributed by atoms with E-state index in [0.717, 1.165) is 17.7 Å². The predicted molar refractivity (Wildman–Crippen MR) is 98.7 cm³/mol.